The Kier molecular flexibility index (Phi) is 5.83. The Morgan fingerprint density at radius 2 is 1.11 bits per heavy atom. The minimum Gasteiger partial charge on any atom is -0.417 e. The van der Waals surface area contributed by atoms with E-state index in [1.165, 1.54) is 12.8 Å². The maximum absolute atomic E-state index is 5.98. The average Bonchev–Trinajstić information content (AvgIpc) is 2.23. The van der Waals surface area contributed by atoms with Crippen molar-refractivity contribution in [1.29, 1.82) is 0 Å². The minimum atomic E-state index is -1.35. The Labute approximate surface area is 115 Å². The highest BCUT2D eigenvalue weighted by Crippen LogP contribution is 2.24. The van der Waals surface area contributed by atoms with Crippen molar-refractivity contribution in [1.82, 2.24) is 0 Å². The second kappa shape index (κ2) is 6.50. The van der Waals surface area contributed by atoms with Gasteiger partial charge in [0.25, 0.3) is 0 Å². The molecule has 1 aliphatic carbocycles. The summed E-state index contributed by atoms with van der Waals surface area (Å²) in [4.78, 5) is 0. The van der Waals surface area contributed by atoms with Crippen molar-refractivity contribution >= 4 is 16.6 Å². The van der Waals surface area contributed by atoms with E-state index in [-0.39, 0.29) is 0 Å². The van der Waals surface area contributed by atoms with Crippen LogP contribution in [-0.2, 0) is 8.85 Å². The molecule has 0 N–H and O–H groups in total. The van der Waals surface area contributed by atoms with Gasteiger partial charge in [-0.2, -0.15) is 0 Å². The van der Waals surface area contributed by atoms with E-state index in [9.17, 15) is 0 Å². The summed E-state index contributed by atoms with van der Waals surface area (Å²) in [6.45, 7) is 15.3. The number of rotatable bonds is 6. The van der Waals surface area contributed by atoms with E-state index >= 15 is 0 Å². The van der Waals surface area contributed by atoms with Gasteiger partial charge in [-0.3, -0.25) is 0 Å². The van der Waals surface area contributed by atoms with Gasteiger partial charge < -0.3 is 8.85 Å². The molecule has 1 rings (SSSR count). The van der Waals surface area contributed by atoms with Crippen LogP contribution in [0, 0.1) is 11.8 Å². The van der Waals surface area contributed by atoms with Crippen LogP contribution in [0.15, 0.2) is 12.2 Å². The van der Waals surface area contributed by atoms with Crippen LogP contribution in [0.2, 0.25) is 39.3 Å². The van der Waals surface area contributed by atoms with Crippen molar-refractivity contribution < 1.29 is 8.85 Å². The SMILES string of the molecule is C[Si](C)(C)OC[C@@H]1C=C[C@H](CO[Si](C)(C)C)CC1. The van der Waals surface area contributed by atoms with Crippen LogP contribution in [-0.4, -0.2) is 29.8 Å². The summed E-state index contributed by atoms with van der Waals surface area (Å²) in [5.41, 5.74) is 0. The molecule has 0 unspecified atom stereocenters. The summed E-state index contributed by atoms with van der Waals surface area (Å²) >= 11 is 0. The molecule has 0 amide bonds. The van der Waals surface area contributed by atoms with Crippen molar-refractivity contribution in [2.24, 2.45) is 11.8 Å². The number of hydrogen-bond donors (Lipinski definition) is 0. The lowest BCUT2D eigenvalue weighted by atomic mass is 9.90. The third-order valence-electron chi connectivity index (χ3n) is 3.02. The van der Waals surface area contributed by atoms with Crippen LogP contribution in [0.25, 0.3) is 0 Å². The maximum atomic E-state index is 5.98. The lowest BCUT2D eigenvalue weighted by Gasteiger charge is -2.27. The molecule has 0 aromatic heterocycles. The van der Waals surface area contributed by atoms with Crippen molar-refractivity contribution in [2.75, 3.05) is 13.2 Å². The lowest BCUT2D eigenvalue weighted by molar-refractivity contribution is 0.221. The van der Waals surface area contributed by atoms with Gasteiger partial charge >= 0.3 is 0 Å². The Morgan fingerprint density at radius 1 is 0.778 bits per heavy atom. The van der Waals surface area contributed by atoms with Gasteiger partial charge in [-0.25, -0.2) is 0 Å². The highest BCUT2D eigenvalue weighted by Gasteiger charge is 2.22. The first-order chi connectivity index (χ1) is 8.16. The minimum absolute atomic E-state index is 0.625. The molecule has 18 heavy (non-hydrogen) atoms. The molecule has 0 saturated heterocycles. The molecule has 2 nitrogen and oxygen atoms in total. The zero-order valence-corrected chi connectivity index (χ0v) is 15.0. The van der Waals surface area contributed by atoms with Crippen LogP contribution in [0.1, 0.15) is 12.8 Å². The van der Waals surface area contributed by atoms with Gasteiger partial charge in [-0.1, -0.05) is 12.2 Å². The first kappa shape index (κ1) is 16.1. The third kappa shape index (κ3) is 7.51. The van der Waals surface area contributed by atoms with Crippen LogP contribution in [0.5, 0.6) is 0 Å². The predicted molar refractivity (Wildman–Crippen MR) is 84.0 cm³/mol. The first-order valence-electron chi connectivity index (χ1n) is 7.12. The molecular weight excluding hydrogens is 256 g/mol. The van der Waals surface area contributed by atoms with Crippen LogP contribution in [0.3, 0.4) is 0 Å². The lowest BCUT2D eigenvalue weighted by Crippen LogP contribution is -2.30. The molecule has 0 aliphatic heterocycles. The second-order valence-corrected chi connectivity index (χ2v) is 16.4. The molecule has 106 valence electrons. The smallest absolute Gasteiger partial charge is 0.183 e. The number of hydrogen-bond acceptors (Lipinski definition) is 2. The van der Waals surface area contributed by atoms with Gasteiger partial charge in [-0.15, -0.1) is 0 Å². The van der Waals surface area contributed by atoms with E-state index in [0.29, 0.717) is 11.8 Å². The topological polar surface area (TPSA) is 18.5 Å². The highest BCUT2D eigenvalue weighted by atomic mass is 28.4. The van der Waals surface area contributed by atoms with Crippen molar-refractivity contribution in [3.63, 3.8) is 0 Å². The summed E-state index contributed by atoms with van der Waals surface area (Å²) in [6, 6.07) is 0. The molecule has 0 saturated carbocycles. The normalized spacial score (nSPS) is 25.4. The monoisotopic (exact) mass is 286 g/mol. The fourth-order valence-corrected chi connectivity index (χ4v) is 3.35. The molecule has 0 spiro atoms. The van der Waals surface area contributed by atoms with Crippen LogP contribution in [0.4, 0.5) is 0 Å². The molecule has 0 heterocycles. The molecule has 0 fully saturated rings. The Morgan fingerprint density at radius 3 is 1.33 bits per heavy atom. The van der Waals surface area contributed by atoms with Gasteiger partial charge in [0, 0.05) is 13.2 Å². The van der Waals surface area contributed by atoms with Crippen LogP contribution >= 0.6 is 0 Å². The summed E-state index contributed by atoms with van der Waals surface area (Å²) in [6.07, 6.45) is 7.20. The first-order valence-corrected chi connectivity index (χ1v) is 13.9. The van der Waals surface area contributed by atoms with E-state index in [1.807, 2.05) is 0 Å². The molecule has 1 aliphatic rings. The van der Waals surface area contributed by atoms with E-state index < -0.39 is 16.6 Å². The largest absolute Gasteiger partial charge is 0.417 e. The zero-order chi connectivity index (χ0) is 13.8. The predicted octanol–water partition coefficient (Wildman–Crippen LogP) is 4.27. The standard InChI is InChI=1S/C14H30O2Si2/c1-17(2,3)15-11-13-7-9-14(10-8-13)12-16-18(4,5)6/h7,9,13-14H,8,10-12H2,1-6H3/t13-,14+. The Balaban J connectivity index is 2.28. The van der Waals surface area contributed by atoms with Gasteiger partial charge in [0.15, 0.2) is 16.6 Å². The quantitative estimate of drug-likeness (QED) is 0.536. The summed E-state index contributed by atoms with van der Waals surface area (Å²) in [5.74, 6) is 1.25. The summed E-state index contributed by atoms with van der Waals surface area (Å²) < 4.78 is 12.0. The zero-order valence-electron chi connectivity index (χ0n) is 13.0. The van der Waals surface area contributed by atoms with Gasteiger partial charge in [-0.05, 0) is 64.0 Å². The maximum Gasteiger partial charge on any atom is 0.183 e. The van der Waals surface area contributed by atoms with Crippen LogP contribution < -0.4 is 0 Å². The summed E-state index contributed by atoms with van der Waals surface area (Å²) in [5, 5.41) is 0. The highest BCUT2D eigenvalue weighted by molar-refractivity contribution is 6.70. The van der Waals surface area contributed by atoms with Gasteiger partial charge in [0.1, 0.15) is 0 Å². The molecule has 0 aromatic carbocycles. The van der Waals surface area contributed by atoms with Crippen molar-refractivity contribution in [3.05, 3.63) is 12.2 Å². The van der Waals surface area contributed by atoms with Gasteiger partial charge in [0.2, 0.25) is 0 Å². The molecule has 2 atom stereocenters. The fourth-order valence-electron chi connectivity index (χ4n) is 1.93. The Bertz CT molecular complexity index is 248. The van der Waals surface area contributed by atoms with E-state index in [1.54, 1.807) is 0 Å². The third-order valence-corrected chi connectivity index (χ3v) is 5.09. The van der Waals surface area contributed by atoms with E-state index in [2.05, 4.69) is 51.4 Å². The molecule has 4 heteroatoms. The van der Waals surface area contributed by atoms with E-state index in [4.69, 9.17) is 8.85 Å². The Hall–Kier alpha value is 0.0938. The van der Waals surface area contributed by atoms with Gasteiger partial charge in [0.05, 0.1) is 0 Å². The average molecular weight is 287 g/mol. The fraction of sp³-hybridized carbons (Fsp3) is 0.857. The second-order valence-electron chi connectivity index (χ2n) is 7.33. The molecular formula is C14H30O2Si2. The van der Waals surface area contributed by atoms with Crippen molar-refractivity contribution in [2.45, 2.75) is 52.1 Å². The molecule has 0 radical (unpaired) electrons. The summed E-state index contributed by atoms with van der Waals surface area (Å²) in [7, 11) is -2.70. The molecule has 0 aromatic rings. The van der Waals surface area contributed by atoms with Crippen molar-refractivity contribution in [3.8, 4) is 0 Å². The molecule has 0 bridgehead atoms. The van der Waals surface area contributed by atoms with E-state index in [0.717, 1.165) is 13.2 Å².